The molecule has 1 amide bonds. The number of hydrogen-bond acceptors (Lipinski definition) is 3. The molecule has 0 aliphatic heterocycles. The van der Waals surface area contributed by atoms with Gasteiger partial charge in [-0.15, -0.1) is 11.5 Å². The average Bonchev–Trinajstić information content (AvgIpc) is 2.99. The minimum Gasteiger partial charge on any atom is -0.324 e. The van der Waals surface area contributed by atoms with Crippen LogP contribution in [0.15, 0.2) is 0 Å². The van der Waals surface area contributed by atoms with Crippen LogP contribution in [0.5, 0.6) is 0 Å². The SMILES string of the molecule is C#CCN(CC1CC1)C(=O)c1n[nH]c(C(C)(C)C)n1. The van der Waals surface area contributed by atoms with Crippen LogP contribution >= 0.6 is 0 Å². The van der Waals surface area contributed by atoms with Crippen LogP contribution in [0.25, 0.3) is 0 Å². The van der Waals surface area contributed by atoms with Crippen molar-refractivity contribution in [1.82, 2.24) is 20.1 Å². The molecule has 2 rings (SSSR count). The predicted molar refractivity (Wildman–Crippen MR) is 72.5 cm³/mol. The van der Waals surface area contributed by atoms with E-state index in [1.165, 1.54) is 12.8 Å². The molecule has 5 nitrogen and oxygen atoms in total. The number of terminal acetylenes is 1. The van der Waals surface area contributed by atoms with E-state index in [1.54, 1.807) is 4.90 Å². The van der Waals surface area contributed by atoms with Gasteiger partial charge in [-0.2, -0.15) is 0 Å². The van der Waals surface area contributed by atoms with Gasteiger partial charge >= 0.3 is 0 Å². The van der Waals surface area contributed by atoms with Gasteiger partial charge in [-0.05, 0) is 18.8 Å². The number of aromatic amines is 1. The van der Waals surface area contributed by atoms with E-state index in [4.69, 9.17) is 6.42 Å². The van der Waals surface area contributed by atoms with Crippen molar-refractivity contribution in [2.75, 3.05) is 13.1 Å². The lowest BCUT2D eigenvalue weighted by Gasteiger charge is -2.18. The molecule has 0 bridgehead atoms. The van der Waals surface area contributed by atoms with Crippen molar-refractivity contribution in [1.29, 1.82) is 0 Å². The number of hydrogen-bond donors (Lipinski definition) is 1. The first-order chi connectivity index (χ1) is 8.91. The summed E-state index contributed by atoms with van der Waals surface area (Å²) in [7, 11) is 0. The van der Waals surface area contributed by atoms with E-state index in [2.05, 4.69) is 21.1 Å². The van der Waals surface area contributed by atoms with Crippen LogP contribution in [0, 0.1) is 18.3 Å². The zero-order chi connectivity index (χ0) is 14.0. The Bertz CT molecular complexity index is 502. The van der Waals surface area contributed by atoms with Gasteiger partial charge in [-0.3, -0.25) is 9.89 Å². The van der Waals surface area contributed by atoms with Crippen LogP contribution in [0.2, 0.25) is 0 Å². The highest BCUT2D eigenvalue weighted by Gasteiger charge is 2.29. The van der Waals surface area contributed by atoms with Crippen LogP contribution in [0.1, 0.15) is 50.1 Å². The first-order valence-electron chi connectivity index (χ1n) is 6.57. The third-order valence-electron chi connectivity index (χ3n) is 3.13. The lowest BCUT2D eigenvalue weighted by atomic mass is 9.96. The first kappa shape index (κ1) is 13.6. The maximum atomic E-state index is 12.3. The Morgan fingerprint density at radius 1 is 1.53 bits per heavy atom. The summed E-state index contributed by atoms with van der Waals surface area (Å²) in [5.41, 5.74) is -0.154. The average molecular weight is 260 g/mol. The van der Waals surface area contributed by atoms with Gasteiger partial charge in [-0.1, -0.05) is 26.7 Å². The fourth-order valence-corrected chi connectivity index (χ4v) is 1.78. The Morgan fingerprint density at radius 3 is 2.68 bits per heavy atom. The summed E-state index contributed by atoms with van der Waals surface area (Å²) in [6.07, 6.45) is 7.68. The van der Waals surface area contributed by atoms with Gasteiger partial charge in [0.05, 0.1) is 6.54 Å². The smallest absolute Gasteiger partial charge is 0.294 e. The molecule has 1 N–H and O–H groups in total. The second-order valence-corrected chi connectivity index (χ2v) is 6.09. The molecular weight excluding hydrogens is 240 g/mol. The van der Waals surface area contributed by atoms with E-state index in [0.29, 0.717) is 24.8 Å². The highest BCUT2D eigenvalue weighted by molar-refractivity contribution is 5.90. The fraction of sp³-hybridized carbons (Fsp3) is 0.643. The largest absolute Gasteiger partial charge is 0.324 e. The Labute approximate surface area is 113 Å². The monoisotopic (exact) mass is 260 g/mol. The fourth-order valence-electron chi connectivity index (χ4n) is 1.78. The Balaban J connectivity index is 2.12. The van der Waals surface area contributed by atoms with Gasteiger partial charge < -0.3 is 4.90 Å². The second-order valence-electron chi connectivity index (χ2n) is 6.09. The molecule has 1 aromatic heterocycles. The molecule has 0 atom stereocenters. The maximum Gasteiger partial charge on any atom is 0.294 e. The molecule has 1 aromatic rings. The highest BCUT2D eigenvalue weighted by Crippen LogP contribution is 2.30. The Hall–Kier alpha value is -1.83. The molecule has 0 radical (unpaired) electrons. The molecule has 1 aliphatic carbocycles. The molecule has 1 heterocycles. The quantitative estimate of drug-likeness (QED) is 0.836. The van der Waals surface area contributed by atoms with Crippen molar-refractivity contribution in [3.8, 4) is 12.3 Å². The number of carbonyl (C=O) groups excluding carboxylic acids is 1. The number of aromatic nitrogens is 3. The molecule has 5 heteroatoms. The molecule has 0 spiro atoms. The number of nitrogens with zero attached hydrogens (tertiary/aromatic N) is 3. The summed E-state index contributed by atoms with van der Waals surface area (Å²) in [6.45, 7) is 7.08. The van der Waals surface area contributed by atoms with Crippen LogP contribution in [-0.2, 0) is 5.41 Å². The van der Waals surface area contributed by atoms with Crippen molar-refractivity contribution < 1.29 is 4.79 Å². The van der Waals surface area contributed by atoms with Gasteiger partial charge in [-0.25, -0.2) is 4.98 Å². The van der Waals surface area contributed by atoms with Gasteiger partial charge in [0.2, 0.25) is 5.82 Å². The number of rotatable bonds is 4. The van der Waals surface area contributed by atoms with E-state index in [9.17, 15) is 4.79 Å². The number of nitrogens with one attached hydrogen (secondary N) is 1. The van der Waals surface area contributed by atoms with Crippen LogP contribution in [-0.4, -0.2) is 39.1 Å². The molecule has 1 saturated carbocycles. The van der Waals surface area contributed by atoms with Crippen LogP contribution < -0.4 is 0 Å². The number of carbonyl (C=O) groups is 1. The second kappa shape index (κ2) is 5.04. The van der Waals surface area contributed by atoms with E-state index < -0.39 is 0 Å². The molecule has 102 valence electrons. The summed E-state index contributed by atoms with van der Waals surface area (Å²) < 4.78 is 0. The molecule has 0 saturated heterocycles. The maximum absolute atomic E-state index is 12.3. The third kappa shape index (κ3) is 3.34. The summed E-state index contributed by atoms with van der Waals surface area (Å²) in [6, 6.07) is 0. The minimum absolute atomic E-state index is 0.154. The summed E-state index contributed by atoms with van der Waals surface area (Å²) in [5.74, 6) is 3.86. The standard InChI is InChI=1S/C14H20N4O/c1-5-8-18(9-10-6-7-10)12(19)11-15-13(17-16-11)14(2,3)4/h1,10H,6-9H2,2-4H3,(H,15,16,17). The van der Waals surface area contributed by atoms with Crippen molar-refractivity contribution >= 4 is 5.91 Å². The third-order valence-corrected chi connectivity index (χ3v) is 3.13. The zero-order valence-electron chi connectivity index (χ0n) is 11.7. The topological polar surface area (TPSA) is 61.9 Å². The van der Waals surface area contributed by atoms with E-state index in [0.717, 1.165) is 0 Å². The first-order valence-corrected chi connectivity index (χ1v) is 6.57. The van der Waals surface area contributed by atoms with Crippen molar-refractivity contribution in [3.63, 3.8) is 0 Å². The lowest BCUT2D eigenvalue weighted by molar-refractivity contribution is 0.0758. The van der Waals surface area contributed by atoms with E-state index in [1.807, 2.05) is 20.8 Å². The predicted octanol–water partition coefficient (Wildman–Crippen LogP) is 1.59. The Kier molecular flexibility index (Phi) is 3.61. The summed E-state index contributed by atoms with van der Waals surface area (Å²) in [5, 5.41) is 6.85. The van der Waals surface area contributed by atoms with Crippen molar-refractivity contribution in [2.45, 2.75) is 39.0 Å². The minimum atomic E-state index is -0.184. The highest BCUT2D eigenvalue weighted by atomic mass is 16.2. The number of amides is 1. The zero-order valence-corrected chi connectivity index (χ0v) is 11.7. The molecule has 1 aliphatic rings. The molecule has 0 unspecified atom stereocenters. The van der Waals surface area contributed by atoms with E-state index in [-0.39, 0.29) is 17.1 Å². The van der Waals surface area contributed by atoms with Gasteiger partial charge in [0.25, 0.3) is 5.91 Å². The molecule has 1 fully saturated rings. The van der Waals surface area contributed by atoms with Crippen LogP contribution in [0.4, 0.5) is 0 Å². The van der Waals surface area contributed by atoms with Gasteiger partial charge in [0.1, 0.15) is 5.82 Å². The van der Waals surface area contributed by atoms with Crippen molar-refractivity contribution in [2.24, 2.45) is 5.92 Å². The lowest BCUT2D eigenvalue weighted by Crippen LogP contribution is -2.34. The van der Waals surface area contributed by atoms with Crippen molar-refractivity contribution in [3.05, 3.63) is 11.6 Å². The summed E-state index contributed by atoms with van der Waals surface area (Å²) >= 11 is 0. The van der Waals surface area contributed by atoms with Crippen LogP contribution in [0.3, 0.4) is 0 Å². The molecule has 19 heavy (non-hydrogen) atoms. The normalized spacial score (nSPS) is 15.1. The molecule has 0 aromatic carbocycles. The molecular formula is C14H20N4O. The van der Waals surface area contributed by atoms with Gasteiger partial charge in [0.15, 0.2) is 0 Å². The van der Waals surface area contributed by atoms with E-state index >= 15 is 0 Å². The Morgan fingerprint density at radius 2 is 2.21 bits per heavy atom. The van der Waals surface area contributed by atoms with Gasteiger partial charge in [0, 0.05) is 12.0 Å². The number of H-pyrrole nitrogens is 1. The summed E-state index contributed by atoms with van der Waals surface area (Å²) in [4.78, 5) is 18.3.